The highest BCUT2D eigenvalue weighted by Crippen LogP contribution is 2.24. The van der Waals surface area contributed by atoms with Gasteiger partial charge in [-0.25, -0.2) is 0 Å². The van der Waals surface area contributed by atoms with Gasteiger partial charge >= 0.3 is 0 Å². The number of fused-ring (bicyclic) bond motifs is 1. The molecule has 0 saturated carbocycles. The van der Waals surface area contributed by atoms with Crippen molar-refractivity contribution in [3.63, 3.8) is 0 Å². The molecule has 0 radical (unpaired) electrons. The van der Waals surface area contributed by atoms with E-state index in [0.717, 1.165) is 35.2 Å². The summed E-state index contributed by atoms with van der Waals surface area (Å²) >= 11 is 0. The van der Waals surface area contributed by atoms with Crippen LogP contribution in [0.15, 0.2) is 30.5 Å². The van der Waals surface area contributed by atoms with E-state index in [9.17, 15) is 5.11 Å². The van der Waals surface area contributed by atoms with E-state index >= 15 is 0 Å². The third-order valence-electron chi connectivity index (χ3n) is 4.16. The maximum absolute atomic E-state index is 9.40. The zero-order valence-corrected chi connectivity index (χ0v) is 14.2. The number of unbranched alkanes of at least 4 members (excludes halogenated alkanes) is 4. The molecule has 1 aromatic heterocycles. The minimum absolute atomic E-state index is 0.117. The molecule has 0 spiro atoms. The molecule has 126 valence electrons. The van der Waals surface area contributed by atoms with E-state index < -0.39 is 5.54 Å². The molecule has 0 aliphatic carbocycles. The summed E-state index contributed by atoms with van der Waals surface area (Å²) in [4.78, 5) is 4.42. The van der Waals surface area contributed by atoms with Crippen LogP contribution in [0.2, 0.25) is 0 Å². The molecule has 4 heteroatoms. The lowest BCUT2D eigenvalue weighted by Crippen LogP contribution is -2.37. The first-order valence-corrected chi connectivity index (χ1v) is 8.49. The van der Waals surface area contributed by atoms with Crippen molar-refractivity contribution in [2.45, 2.75) is 51.5 Å². The number of aromatic nitrogens is 1. The minimum atomic E-state index is -0.780. The number of benzene rings is 1. The SMILES string of the molecule is CCCCCCCOc1ccc2ncc(C(C)(N)CO)cc2c1. The summed E-state index contributed by atoms with van der Waals surface area (Å²) in [6, 6.07) is 7.88. The molecule has 0 fully saturated rings. The third-order valence-corrected chi connectivity index (χ3v) is 4.16. The molecular formula is C19H28N2O2. The molecule has 1 atom stereocenters. The average Bonchev–Trinajstić information content (AvgIpc) is 2.57. The topological polar surface area (TPSA) is 68.4 Å². The average molecular weight is 316 g/mol. The van der Waals surface area contributed by atoms with E-state index in [4.69, 9.17) is 10.5 Å². The molecule has 2 rings (SSSR count). The standard InChI is InChI=1S/C19H28N2O2/c1-3-4-5-6-7-10-23-17-8-9-18-15(12-17)11-16(13-21-18)19(2,20)14-22/h8-9,11-13,22H,3-7,10,14,20H2,1-2H3. The Morgan fingerprint density at radius 3 is 2.70 bits per heavy atom. The van der Waals surface area contributed by atoms with Gasteiger partial charge in [0.15, 0.2) is 0 Å². The molecule has 23 heavy (non-hydrogen) atoms. The maximum atomic E-state index is 9.40. The lowest BCUT2D eigenvalue weighted by molar-refractivity contribution is 0.210. The Balaban J connectivity index is 2.02. The number of nitrogens with two attached hydrogens (primary N) is 1. The maximum Gasteiger partial charge on any atom is 0.120 e. The smallest absolute Gasteiger partial charge is 0.120 e. The summed E-state index contributed by atoms with van der Waals surface area (Å²) in [6.07, 6.45) is 7.87. The molecule has 1 heterocycles. The highest BCUT2D eigenvalue weighted by atomic mass is 16.5. The predicted octanol–water partition coefficient (Wildman–Crippen LogP) is 3.75. The van der Waals surface area contributed by atoms with Crippen LogP contribution in [-0.4, -0.2) is 23.3 Å². The Kier molecular flexibility index (Phi) is 6.37. The van der Waals surface area contributed by atoms with E-state index in [1.165, 1.54) is 25.7 Å². The molecule has 2 aromatic rings. The Labute approximate surface area is 138 Å². The van der Waals surface area contributed by atoms with E-state index in [2.05, 4.69) is 11.9 Å². The largest absolute Gasteiger partial charge is 0.494 e. The first kappa shape index (κ1) is 17.7. The third kappa shape index (κ3) is 4.91. The van der Waals surface area contributed by atoms with Gasteiger partial charge in [-0.3, -0.25) is 4.98 Å². The Morgan fingerprint density at radius 2 is 1.96 bits per heavy atom. The zero-order valence-electron chi connectivity index (χ0n) is 14.2. The number of hydrogen-bond acceptors (Lipinski definition) is 4. The van der Waals surface area contributed by atoms with Gasteiger partial charge in [0.2, 0.25) is 0 Å². The molecule has 0 aliphatic rings. The zero-order chi connectivity index (χ0) is 16.7. The number of ether oxygens (including phenoxy) is 1. The monoisotopic (exact) mass is 316 g/mol. The van der Waals surface area contributed by atoms with Crippen molar-refractivity contribution in [2.75, 3.05) is 13.2 Å². The Morgan fingerprint density at radius 1 is 1.17 bits per heavy atom. The van der Waals surface area contributed by atoms with Gasteiger partial charge < -0.3 is 15.6 Å². The van der Waals surface area contributed by atoms with Crippen molar-refractivity contribution in [2.24, 2.45) is 5.73 Å². The second-order valence-electron chi connectivity index (χ2n) is 6.42. The van der Waals surface area contributed by atoms with Crippen LogP contribution in [0, 0.1) is 0 Å². The van der Waals surface area contributed by atoms with E-state index in [0.29, 0.717) is 0 Å². The van der Waals surface area contributed by atoms with E-state index in [-0.39, 0.29) is 6.61 Å². The predicted molar refractivity (Wildman–Crippen MR) is 94.6 cm³/mol. The van der Waals surface area contributed by atoms with Gasteiger partial charge in [-0.1, -0.05) is 32.6 Å². The highest BCUT2D eigenvalue weighted by Gasteiger charge is 2.20. The van der Waals surface area contributed by atoms with Crippen molar-refractivity contribution < 1.29 is 9.84 Å². The molecule has 1 aromatic carbocycles. The molecule has 0 saturated heterocycles. The summed E-state index contributed by atoms with van der Waals surface area (Å²) in [7, 11) is 0. The van der Waals surface area contributed by atoms with Crippen LogP contribution >= 0.6 is 0 Å². The van der Waals surface area contributed by atoms with Crippen molar-refractivity contribution in [1.29, 1.82) is 0 Å². The fourth-order valence-electron chi connectivity index (χ4n) is 2.50. The van der Waals surface area contributed by atoms with E-state index in [1.807, 2.05) is 24.3 Å². The van der Waals surface area contributed by atoms with E-state index in [1.54, 1.807) is 13.1 Å². The normalized spacial score (nSPS) is 13.9. The first-order valence-electron chi connectivity index (χ1n) is 8.49. The number of pyridine rings is 1. The number of aliphatic hydroxyl groups excluding tert-OH is 1. The quantitative estimate of drug-likeness (QED) is 0.691. The summed E-state index contributed by atoms with van der Waals surface area (Å²) in [5, 5.41) is 10.4. The molecule has 1 unspecified atom stereocenters. The number of rotatable bonds is 9. The van der Waals surface area contributed by atoms with Gasteiger partial charge in [0, 0.05) is 11.6 Å². The van der Waals surface area contributed by atoms with Gasteiger partial charge in [-0.15, -0.1) is 0 Å². The number of hydrogen-bond donors (Lipinski definition) is 2. The van der Waals surface area contributed by atoms with Crippen LogP contribution in [-0.2, 0) is 5.54 Å². The van der Waals surface area contributed by atoms with Gasteiger partial charge in [-0.2, -0.15) is 0 Å². The summed E-state index contributed by atoms with van der Waals surface area (Å²) in [5.41, 5.74) is 7.03. The first-order chi connectivity index (χ1) is 11.1. The van der Waals surface area contributed by atoms with Crippen LogP contribution in [0.4, 0.5) is 0 Å². The number of aliphatic hydroxyl groups is 1. The van der Waals surface area contributed by atoms with Crippen molar-refractivity contribution >= 4 is 10.9 Å². The Bertz CT molecular complexity index is 626. The lowest BCUT2D eigenvalue weighted by Gasteiger charge is -2.22. The van der Waals surface area contributed by atoms with Crippen LogP contribution < -0.4 is 10.5 Å². The number of nitrogens with zero attached hydrogens (tertiary/aromatic N) is 1. The van der Waals surface area contributed by atoms with Gasteiger partial charge in [0.05, 0.1) is 24.3 Å². The van der Waals surface area contributed by atoms with Crippen LogP contribution in [0.1, 0.15) is 51.5 Å². The summed E-state index contributed by atoms with van der Waals surface area (Å²) in [6.45, 7) is 4.64. The van der Waals surface area contributed by atoms with Crippen molar-refractivity contribution in [1.82, 2.24) is 4.98 Å². The van der Waals surface area contributed by atoms with Gasteiger partial charge in [0.1, 0.15) is 5.75 Å². The van der Waals surface area contributed by atoms with Crippen LogP contribution in [0.5, 0.6) is 5.75 Å². The molecule has 4 nitrogen and oxygen atoms in total. The summed E-state index contributed by atoms with van der Waals surface area (Å²) in [5.74, 6) is 0.856. The van der Waals surface area contributed by atoms with Gasteiger partial charge in [0.25, 0.3) is 0 Å². The fraction of sp³-hybridized carbons (Fsp3) is 0.526. The second-order valence-corrected chi connectivity index (χ2v) is 6.42. The molecule has 0 amide bonds. The van der Waals surface area contributed by atoms with Crippen molar-refractivity contribution in [3.8, 4) is 5.75 Å². The van der Waals surface area contributed by atoms with Crippen LogP contribution in [0.3, 0.4) is 0 Å². The van der Waals surface area contributed by atoms with Crippen molar-refractivity contribution in [3.05, 3.63) is 36.0 Å². The van der Waals surface area contributed by atoms with Crippen LogP contribution in [0.25, 0.3) is 10.9 Å². The second kappa shape index (κ2) is 8.27. The fourth-order valence-corrected chi connectivity index (χ4v) is 2.50. The molecular weight excluding hydrogens is 288 g/mol. The minimum Gasteiger partial charge on any atom is -0.494 e. The summed E-state index contributed by atoms with van der Waals surface area (Å²) < 4.78 is 5.84. The molecule has 0 aliphatic heterocycles. The highest BCUT2D eigenvalue weighted by molar-refractivity contribution is 5.80. The van der Waals surface area contributed by atoms with Gasteiger partial charge in [-0.05, 0) is 43.2 Å². The molecule has 0 bridgehead atoms. The molecule has 3 N–H and O–H groups in total. The Hall–Kier alpha value is -1.65. The lowest BCUT2D eigenvalue weighted by atomic mass is 9.95.